The van der Waals surface area contributed by atoms with Gasteiger partial charge in [0, 0.05) is 0 Å². The smallest absolute Gasteiger partial charge is 0.469 e. The number of methoxy groups -OCH3 is 1. The van der Waals surface area contributed by atoms with E-state index in [1.165, 1.54) is 10.9 Å². The maximum Gasteiger partial charge on any atom is 0.469 e. The second-order valence-corrected chi connectivity index (χ2v) is 23.7. The number of hydrogen-bond acceptors (Lipinski definition) is 11. The van der Waals surface area contributed by atoms with Crippen LogP contribution in [0.25, 0.3) is 11.2 Å². The molecule has 0 spiro atoms. The summed E-state index contributed by atoms with van der Waals surface area (Å²) in [6.07, 6.45) is -3.16. The van der Waals surface area contributed by atoms with Gasteiger partial charge in [-0.2, -0.15) is 4.98 Å². The number of aromatic amines is 1. The van der Waals surface area contributed by atoms with Gasteiger partial charge in [-0.1, -0.05) is 120 Å². The number of phosphoric acid groups is 1. The summed E-state index contributed by atoms with van der Waals surface area (Å²) in [5.41, 5.74) is 1.23. The average Bonchev–Trinajstić information content (AvgIpc) is 3.84. The Hall–Kier alpha value is -5.49. The summed E-state index contributed by atoms with van der Waals surface area (Å²) >= 11 is 0. The van der Waals surface area contributed by atoms with Crippen molar-refractivity contribution in [3.8, 4) is 11.5 Å². The van der Waals surface area contributed by atoms with E-state index in [0.717, 1.165) is 16.7 Å². The highest BCUT2D eigenvalue weighted by Gasteiger charge is 2.55. The second kappa shape index (κ2) is 19.2. The molecule has 1 fully saturated rings. The van der Waals surface area contributed by atoms with Gasteiger partial charge in [-0.3, -0.25) is 29.0 Å². The van der Waals surface area contributed by atoms with Crippen LogP contribution in [0.5, 0.6) is 11.5 Å². The Labute approximate surface area is 378 Å². The lowest BCUT2D eigenvalue weighted by molar-refractivity contribution is -0.118. The van der Waals surface area contributed by atoms with Crippen molar-refractivity contribution < 1.29 is 47.0 Å². The Morgan fingerprint density at radius 3 is 2.03 bits per heavy atom. The topological polar surface area (TPSA) is 206 Å². The van der Waals surface area contributed by atoms with Gasteiger partial charge in [-0.25, -0.2) is 9.55 Å². The lowest BCUT2D eigenvalue weighted by Crippen LogP contribution is -2.52. The molecule has 344 valence electrons. The number of fused-ring (bicyclic) bond motifs is 1. The number of carbonyl (C=O) groups is 1. The van der Waals surface area contributed by atoms with Crippen LogP contribution < -0.4 is 20.3 Å². The third-order valence-electron chi connectivity index (χ3n) is 12.0. The number of H-pyrrole nitrogens is 1. The van der Waals surface area contributed by atoms with Crippen LogP contribution in [-0.2, 0) is 33.4 Å². The Morgan fingerprint density at radius 1 is 0.892 bits per heavy atom. The molecule has 1 aliphatic heterocycles. The average molecular weight is 926 g/mol. The van der Waals surface area contributed by atoms with Crippen molar-refractivity contribution in [1.29, 1.82) is 0 Å². The lowest BCUT2D eigenvalue weighted by atomic mass is 9.79. The van der Waals surface area contributed by atoms with Crippen LogP contribution in [0, 0.1) is 0 Å². The van der Waals surface area contributed by atoms with Gasteiger partial charge in [-0.15, -0.1) is 0 Å². The molecule has 7 rings (SSSR count). The van der Waals surface area contributed by atoms with E-state index in [1.807, 2.05) is 97.1 Å². The predicted molar refractivity (Wildman–Crippen MR) is 247 cm³/mol. The van der Waals surface area contributed by atoms with Crippen molar-refractivity contribution in [3.05, 3.63) is 148 Å². The number of nitrogens with zero attached hydrogens (tertiary/aromatic N) is 3. The zero-order valence-corrected chi connectivity index (χ0v) is 39.5. The van der Waals surface area contributed by atoms with Gasteiger partial charge in [0.05, 0.1) is 20.0 Å². The van der Waals surface area contributed by atoms with Crippen LogP contribution >= 0.6 is 7.82 Å². The first-order valence-electron chi connectivity index (χ1n) is 21.3. The van der Waals surface area contributed by atoms with Gasteiger partial charge in [-0.05, 0) is 70.6 Å². The standard InChI is InChI=1S/C47H56N5O11PSi/c1-30(2)31-19-23-36(24-20-31)59-28-38(53)49-45-50-42-39(43(54)51-45)48-29-52(42)44-41(63-65(7,8)46(3,4)5)40(37(61-44)27-60-64(55,56)57)62-47(32-15-11-9-12-16-32,33-17-13-10-14-18-33)34-21-25-35(58-6)26-22-34/h9-26,29-30,37,40-41,44H,27-28H2,1-8H3,(H2,55,56,57)(H2,49,50,51,53,54)/t37-,40-,41-,44?/m1/s1. The molecule has 2 aromatic heterocycles. The van der Waals surface area contributed by atoms with Gasteiger partial charge < -0.3 is 33.2 Å². The van der Waals surface area contributed by atoms with Crippen LogP contribution in [0.1, 0.15) is 69.0 Å². The number of anilines is 1. The third-order valence-corrected chi connectivity index (χ3v) is 16.9. The Bertz CT molecular complexity index is 2630. The van der Waals surface area contributed by atoms with E-state index >= 15 is 0 Å². The first kappa shape index (κ1) is 47.5. The number of nitrogens with one attached hydrogen (secondary N) is 2. The number of hydrogen-bond donors (Lipinski definition) is 4. The third kappa shape index (κ3) is 10.5. The molecule has 1 aliphatic rings. The van der Waals surface area contributed by atoms with Crippen LogP contribution in [0.4, 0.5) is 5.95 Å². The summed E-state index contributed by atoms with van der Waals surface area (Å²) in [6.45, 7) is 13.5. The van der Waals surface area contributed by atoms with Crippen LogP contribution in [0.3, 0.4) is 0 Å². The summed E-state index contributed by atoms with van der Waals surface area (Å²) in [7, 11) is -6.27. The molecule has 18 heteroatoms. The van der Waals surface area contributed by atoms with Gasteiger partial charge in [0.1, 0.15) is 35.4 Å². The van der Waals surface area contributed by atoms with E-state index in [1.54, 1.807) is 19.2 Å². The maximum absolute atomic E-state index is 13.6. The number of rotatable bonds is 17. The van der Waals surface area contributed by atoms with E-state index < -0.39 is 64.4 Å². The SMILES string of the molecule is COc1ccc(C(O[C@@H]2[C@@H](COP(=O)(O)O)OC(n3cnc4c(=O)[nH]c(NC(=O)COc5ccc(C(C)C)cc5)nc43)[C@@H]2O[Si](C)(C)C(C)(C)C)(c2ccccc2)c2ccccc2)cc1. The minimum atomic E-state index is -5.05. The minimum Gasteiger partial charge on any atom is -0.497 e. The summed E-state index contributed by atoms with van der Waals surface area (Å²) in [4.78, 5) is 58.5. The molecule has 0 aliphatic carbocycles. The monoisotopic (exact) mass is 925 g/mol. The molecule has 6 aromatic rings. The fourth-order valence-electron chi connectivity index (χ4n) is 7.54. The number of aromatic nitrogens is 4. The molecular weight excluding hydrogens is 870 g/mol. The highest BCUT2D eigenvalue weighted by atomic mass is 31.2. The normalized spacial score (nSPS) is 18.3. The number of imidazole rings is 1. The first-order chi connectivity index (χ1) is 30.8. The van der Waals surface area contributed by atoms with E-state index in [2.05, 4.69) is 68.0 Å². The van der Waals surface area contributed by atoms with Crippen LogP contribution in [-0.4, -0.2) is 82.2 Å². The molecular formula is C47H56N5O11PSi. The zero-order valence-electron chi connectivity index (χ0n) is 37.6. The molecule has 1 amide bonds. The van der Waals surface area contributed by atoms with E-state index in [4.69, 9.17) is 27.9 Å². The molecule has 4 N–H and O–H groups in total. The van der Waals surface area contributed by atoms with E-state index in [-0.39, 0.29) is 28.8 Å². The van der Waals surface area contributed by atoms with Crippen molar-refractivity contribution in [2.75, 3.05) is 25.6 Å². The number of ether oxygens (including phenoxy) is 4. The second-order valence-electron chi connectivity index (χ2n) is 17.7. The number of amides is 1. The molecule has 1 unspecified atom stereocenters. The molecule has 65 heavy (non-hydrogen) atoms. The number of carbonyl (C=O) groups excluding carboxylic acids is 1. The quantitative estimate of drug-likeness (QED) is 0.0389. The largest absolute Gasteiger partial charge is 0.497 e. The van der Waals surface area contributed by atoms with Gasteiger partial charge in [0.2, 0.25) is 5.95 Å². The molecule has 16 nitrogen and oxygen atoms in total. The highest BCUT2D eigenvalue weighted by molar-refractivity contribution is 7.46. The van der Waals surface area contributed by atoms with Crippen molar-refractivity contribution in [3.63, 3.8) is 0 Å². The van der Waals surface area contributed by atoms with Crippen molar-refractivity contribution >= 4 is 39.2 Å². The predicted octanol–water partition coefficient (Wildman–Crippen LogP) is 8.04. The molecule has 0 bridgehead atoms. The Kier molecular flexibility index (Phi) is 14.0. The fourth-order valence-corrected chi connectivity index (χ4v) is 9.16. The summed E-state index contributed by atoms with van der Waals surface area (Å²) in [5.74, 6) is 0.691. The highest BCUT2D eigenvalue weighted by Crippen LogP contribution is 2.49. The molecule has 1 saturated heterocycles. The molecule has 4 atom stereocenters. The summed E-state index contributed by atoms with van der Waals surface area (Å²) in [5, 5.41) is 2.27. The summed E-state index contributed by atoms with van der Waals surface area (Å²) < 4.78 is 52.1. The van der Waals surface area contributed by atoms with Gasteiger partial charge in [0.15, 0.2) is 32.3 Å². The fraction of sp³-hybridized carbons (Fsp3) is 0.362. The summed E-state index contributed by atoms with van der Waals surface area (Å²) in [6, 6.07) is 34.1. The minimum absolute atomic E-state index is 0.0333. The van der Waals surface area contributed by atoms with Crippen LogP contribution in [0.2, 0.25) is 18.1 Å². The zero-order chi connectivity index (χ0) is 46.7. The Balaban J connectivity index is 1.35. The van der Waals surface area contributed by atoms with E-state index in [9.17, 15) is 23.9 Å². The maximum atomic E-state index is 13.6. The molecule has 0 saturated carbocycles. The van der Waals surface area contributed by atoms with Gasteiger partial charge in [0.25, 0.3) is 11.5 Å². The lowest BCUT2D eigenvalue weighted by Gasteiger charge is -2.44. The van der Waals surface area contributed by atoms with E-state index in [0.29, 0.717) is 23.0 Å². The molecule has 4 aromatic carbocycles. The first-order valence-corrected chi connectivity index (χ1v) is 25.7. The van der Waals surface area contributed by atoms with Gasteiger partial charge >= 0.3 is 7.82 Å². The molecule has 3 heterocycles. The number of phosphoric ester groups is 1. The Morgan fingerprint density at radius 2 is 1.48 bits per heavy atom. The van der Waals surface area contributed by atoms with Crippen molar-refractivity contribution in [2.45, 2.75) is 88.8 Å². The van der Waals surface area contributed by atoms with Crippen LogP contribution in [0.15, 0.2) is 120 Å². The number of benzene rings is 4. The van der Waals surface area contributed by atoms with Crippen molar-refractivity contribution in [2.24, 2.45) is 0 Å². The van der Waals surface area contributed by atoms with Crippen molar-refractivity contribution in [1.82, 2.24) is 19.5 Å². The molecule has 0 radical (unpaired) electrons.